The number of hydrogen-bond donors (Lipinski definition) is 2. The summed E-state index contributed by atoms with van der Waals surface area (Å²) >= 11 is 0. The first-order valence-corrected chi connectivity index (χ1v) is 9.72. The topological polar surface area (TPSA) is 169 Å². The van der Waals surface area contributed by atoms with Gasteiger partial charge in [0.1, 0.15) is 17.8 Å². The van der Waals surface area contributed by atoms with Crippen molar-refractivity contribution in [1.29, 1.82) is 0 Å². The molecule has 11 heteroatoms. The number of hydrogen-bond acceptors (Lipinski definition) is 8. The maximum atomic E-state index is 12.5. The highest BCUT2D eigenvalue weighted by Crippen LogP contribution is 2.21. The van der Waals surface area contributed by atoms with Crippen LogP contribution in [-0.4, -0.2) is 15.9 Å². The Morgan fingerprint density at radius 3 is 2.70 bits per heavy atom. The van der Waals surface area contributed by atoms with E-state index in [-0.39, 0.29) is 23.6 Å². The molecule has 0 aliphatic rings. The fourth-order valence-corrected chi connectivity index (χ4v) is 3.00. The SMILES string of the molecule is [N-]=[N+]=Nc1ccc2cc(C(=O)NCc3ccc(COc4ccnc(N)n4)cc3)c(=O)oc2c1. The molecule has 0 radical (unpaired) electrons. The number of anilines is 1. The van der Waals surface area contributed by atoms with Gasteiger partial charge in [-0.25, -0.2) is 9.78 Å². The van der Waals surface area contributed by atoms with Crippen LogP contribution in [0.5, 0.6) is 5.88 Å². The fourth-order valence-electron chi connectivity index (χ4n) is 3.00. The third-order valence-corrected chi connectivity index (χ3v) is 4.64. The molecule has 0 fully saturated rings. The smallest absolute Gasteiger partial charge is 0.349 e. The molecule has 0 atom stereocenters. The Bertz CT molecular complexity index is 1430. The first-order chi connectivity index (χ1) is 16.0. The summed E-state index contributed by atoms with van der Waals surface area (Å²) in [4.78, 5) is 35.2. The molecule has 0 bridgehead atoms. The number of aromatic nitrogens is 2. The number of rotatable bonds is 7. The van der Waals surface area contributed by atoms with Crippen LogP contribution in [0.1, 0.15) is 21.5 Å². The number of nitrogens with one attached hydrogen (secondary N) is 1. The van der Waals surface area contributed by atoms with E-state index in [2.05, 4.69) is 25.3 Å². The van der Waals surface area contributed by atoms with Crippen molar-refractivity contribution in [1.82, 2.24) is 15.3 Å². The molecule has 0 saturated carbocycles. The number of carbonyl (C=O) groups is 1. The van der Waals surface area contributed by atoms with Crippen molar-refractivity contribution in [3.05, 3.63) is 98.3 Å². The van der Waals surface area contributed by atoms with Gasteiger partial charge in [0.25, 0.3) is 5.91 Å². The van der Waals surface area contributed by atoms with E-state index in [1.54, 1.807) is 18.2 Å². The van der Waals surface area contributed by atoms with Crippen LogP contribution in [0.4, 0.5) is 11.6 Å². The third-order valence-electron chi connectivity index (χ3n) is 4.64. The zero-order valence-electron chi connectivity index (χ0n) is 17.1. The molecule has 4 rings (SSSR count). The molecule has 0 unspecified atom stereocenters. The van der Waals surface area contributed by atoms with Gasteiger partial charge in [0.2, 0.25) is 11.8 Å². The number of carbonyl (C=O) groups excluding carboxylic acids is 1. The lowest BCUT2D eigenvalue weighted by molar-refractivity contribution is 0.0947. The molecule has 2 aromatic carbocycles. The van der Waals surface area contributed by atoms with Crippen LogP contribution >= 0.6 is 0 Å². The largest absolute Gasteiger partial charge is 0.473 e. The highest BCUT2D eigenvalue weighted by atomic mass is 16.5. The summed E-state index contributed by atoms with van der Waals surface area (Å²) in [5.74, 6) is -0.0439. The maximum Gasteiger partial charge on any atom is 0.349 e. The lowest BCUT2D eigenvalue weighted by atomic mass is 10.1. The van der Waals surface area contributed by atoms with Crippen molar-refractivity contribution in [2.75, 3.05) is 5.73 Å². The molecule has 0 saturated heterocycles. The molecule has 0 aliphatic heterocycles. The van der Waals surface area contributed by atoms with Crippen molar-refractivity contribution >= 4 is 28.5 Å². The van der Waals surface area contributed by atoms with Gasteiger partial charge in [-0.1, -0.05) is 41.5 Å². The van der Waals surface area contributed by atoms with Crippen molar-refractivity contribution in [3.63, 3.8) is 0 Å². The minimum Gasteiger partial charge on any atom is -0.473 e. The van der Waals surface area contributed by atoms with Crippen LogP contribution in [0.2, 0.25) is 0 Å². The van der Waals surface area contributed by atoms with Crippen molar-refractivity contribution in [2.24, 2.45) is 5.11 Å². The fraction of sp³-hybridized carbons (Fsp3) is 0.0909. The molecular formula is C22H17N7O4. The van der Waals surface area contributed by atoms with Gasteiger partial charge in [-0.3, -0.25) is 4.79 Å². The first-order valence-electron chi connectivity index (χ1n) is 9.72. The van der Waals surface area contributed by atoms with Crippen molar-refractivity contribution in [2.45, 2.75) is 13.2 Å². The number of fused-ring (bicyclic) bond motifs is 1. The molecule has 0 aliphatic carbocycles. The Morgan fingerprint density at radius 2 is 1.94 bits per heavy atom. The van der Waals surface area contributed by atoms with Crippen LogP contribution in [0, 0.1) is 0 Å². The van der Waals surface area contributed by atoms with Crippen molar-refractivity contribution < 1.29 is 13.9 Å². The van der Waals surface area contributed by atoms with Crippen molar-refractivity contribution in [3.8, 4) is 5.88 Å². The Labute approximate surface area is 186 Å². The lowest BCUT2D eigenvalue weighted by Crippen LogP contribution is -2.27. The number of amides is 1. The molecule has 1 amide bonds. The predicted molar refractivity (Wildman–Crippen MR) is 120 cm³/mol. The normalized spacial score (nSPS) is 10.4. The number of nitrogens with two attached hydrogens (primary N) is 1. The molecule has 164 valence electrons. The zero-order valence-corrected chi connectivity index (χ0v) is 17.1. The van der Waals surface area contributed by atoms with E-state index < -0.39 is 11.5 Å². The molecule has 4 aromatic rings. The minimum atomic E-state index is -0.782. The Kier molecular flexibility index (Phi) is 6.14. The van der Waals surface area contributed by atoms with Gasteiger partial charge in [-0.05, 0) is 28.8 Å². The zero-order chi connectivity index (χ0) is 23.2. The molecule has 11 nitrogen and oxygen atoms in total. The molecule has 2 heterocycles. The highest BCUT2D eigenvalue weighted by molar-refractivity contribution is 5.96. The number of azide groups is 1. The van der Waals surface area contributed by atoms with E-state index in [4.69, 9.17) is 20.4 Å². The third kappa shape index (κ3) is 5.24. The molecule has 33 heavy (non-hydrogen) atoms. The first kappa shape index (κ1) is 21.3. The summed E-state index contributed by atoms with van der Waals surface area (Å²) in [5, 5.41) is 6.71. The molecule has 0 spiro atoms. The van der Waals surface area contributed by atoms with E-state index in [0.717, 1.165) is 11.1 Å². The number of ether oxygens (including phenoxy) is 1. The van der Waals surface area contributed by atoms with Gasteiger partial charge in [-0.15, -0.1) is 0 Å². The molecule has 2 aromatic heterocycles. The van der Waals surface area contributed by atoms with Gasteiger partial charge in [0.15, 0.2) is 0 Å². The summed E-state index contributed by atoms with van der Waals surface area (Å²) in [5.41, 5.74) is 15.4. The van der Waals surface area contributed by atoms with E-state index in [0.29, 0.717) is 23.6 Å². The predicted octanol–water partition coefficient (Wildman–Crippen LogP) is 3.62. The standard InChI is InChI=1S/C22H17N7O4/c23-22-25-8-7-19(27-22)32-12-14-3-1-13(2-4-14)11-26-20(30)17-9-15-5-6-16(28-29-24)10-18(15)33-21(17)31/h1-10H,11-12H2,(H,26,30)(H2,23,25,27). The Hall–Kier alpha value is -4.89. The monoisotopic (exact) mass is 443 g/mol. The number of nitrogen functional groups attached to an aromatic ring is 1. The number of benzene rings is 2. The average Bonchev–Trinajstić information content (AvgIpc) is 2.81. The van der Waals surface area contributed by atoms with E-state index in [1.165, 1.54) is 18.3 Å². The maximum absolute atomic E-state index is 12.5. The van der Waals surface area contributed by atoms with Crippen LogP contribution in [0.15, 0.2) is 75.1 Å². The second kappa shape index (κ2) is 9.50. The Morgan fingerprint density at radius 1 is 1.15 bits per heavy atom. The quantitative estimate of drug-likeness (QED) is 0.190. The second-order valence-electron chi connectivity index (χ2n) is 6.90. The highest BCUT2D eigenvalue weighted by Gasteiger charge is 2.14. The summed E-state index contributed by atoms with van der Waals surface area (Å²) in [6.45, 7) is 0.512. The van der Waals surface area contributed by atoms with Crippen LogP contribution < -0.4 is 21.4 Å². The second-order valence-corrected chi connectivity index (χ2v) is 6.90. The van der Waals surface area contributed by atoms with Gasteiger partial charge in [0, 0.05) is 34.8 Å². The van der Waals surface area contributed by atoms with Gasteiger partial charge < -0.3 is 20.2 Å². The van der Waals surface area contributed by atoms with Gasteiger partial charge in [-0.2, -0.15) is 4.98 Å². The average molecular weight is 443 g/mol. The summed E-state index contributed by atoms with van der Waals surface area (Å²) in [6.07, 6.45) is 1.51. The van der Waals surface area contributed by atoms with Gasteiger partial charge >= 0.3 is 5.63 Å². The Balaban J connectivity index is 1.38. The molecule has 3 N–H and O–H groups in total. The number of nitrogens with zero attached hydrogens (tertiary/aromatic N) is 5. The lowest BCUT2D eigenvalue weighted by Gasteiger charge is -2.08. The van der Waals surface area contributed by atoms with Gasteiger partial charge in [0.05, 0.1) is 0 Å². The summed E-state index contributed by atoms with van der Waals surface area (Å²) < 4.78 is 10.8. The van der Waals surface area contributed by atoms with E-state index in [9.17, 15) is 9.59 Å². The minimum absolute atomic E-state index is 0.117. The van der Waals surface area contributed by atoms with Crippen LogP contribution in [0.25, 0.3) is 21.4 Å². The van der Waals surface area contributed by atoms with Crippen LogP contribution in [0.3, 0.4) is 0 Å². The molecular weight excluding hydrogens is 426 g/mol. The van der Waals surface area contributed by atoms with Crippen LogP contribution in [-0.2, 0) is 13.2 Å². The van der Waals surface area contributed by atoms with E-state index >= 15 is 0 Å². The van der Waals surface area contributed by atoms with E-state index in [1.807, 2.05) is 24.3 Å². The summed E-state index contributed by atoms with van der Waals surface area (Å²) in [6, 6.07) is 15.1. The summed E-state index contributed by atoms with van der Waals surface area (Å²) in [7, 11) is 0.